The third-order valence-corrected chi connectivity index (χ3v) is 2.25. The summed E-state index contributed by atoms with van der Waals surface area (Å²) < 4.78 is 6.43. The SMILES string of the molecule is COc1cccc(CC(=O)n2cccn2)c1. The smallest absolute Gasteiger partial charge is 0.251 e. The number of carbonyl (C=O) groups excluding carboxylic acids is 1. The van der Waals surface area contributed by atoms with Crippen LogP contribution in [0.2, 0.25) is 0 Å². The number of carbonyl (C=O) groups is 1. The molecule has 1 aromatic heterocycles. The van der Waals surface area contributed by atoms with Crippen molar-refractivity contribution in [1.29, 1.82) is 0 Å². The lowest BCUT2D eigenvalue weighted by atomic mass is 10.1. The summed E-state index contributed by atoms with van der Waals surface area (Å²) in [6.07, 6.45) is 3.55. The van der Waals surface area contributed by atoms with E-state index in [2.05, 4.69) is 5.10 Å². The Labute approximate surface area is 93.5 Å². The summed E-state index contributed by atoms with van der Waals surface area (Å²) in [5, 5.41) is 3.89. The fraction of sp³-hybridized carbons (Fsp3) is 0.167. The average molecular weight is 216 g/mol. The Morgan fingerprint density at radius 3 is 3.00 bits per heavy atom. The van der Waals surface area contributed by atoms with Crippen molar-refractivity contribution in [1.82, 2.24) is 9.78 Å². The van der Waals surface area contributed by atoms with Crippen molar-refractivity contribution >= 4 is 5.91 Å². The van der Waals surface area contributed by atoms with Gasteiger partial charge in [0.15, 0.2) is 0 Å². The lowest BCUT2D eigenvalue weighted by Gasteiger charge is -2.03. The van der Waals surface area contributed by atoms with Gasteiger partial charge in [0.1, 0.15) is 5.75 Å². The minimum atomic E-state index is -0.0572. The first-order valence-electron chi connectivity index (χ1n) is 4.95. The maximum Gasteiger partial charge on any atom is 0.251 e. The van der Waals surface area contributed by atoms with Gasteiger partial charge in [0.05, 0.1) is 13.5 Å². The van der Waals surface area contributed by atoms with Crippen LogP contribution in [-0.4, -0.2) is 22.8 Å². The van der Waals surface area contributed by atoms with Crippen molar-refractivity contribution in [3.05, 3.63) is 48.3 Å². The zero-order valence-electron chi connectivity index (χ0n) is 8.96. The van der Waals surface area contributed by atoms with Crippen LogP contribution in [0.3, 0.4) is 0 Å². The van der Waals surface area contributed by atoms with Gasteiger partial charge in [-0.1, -0.05) is 12.1 Å². The Kier molecular flexibility index (Phi) is 3.00. The minimum Gasteiger partial charge on any atom is -0.497 e. The highest BCUT2D eigenvalue weighted by Crippen LogP contribution is 2.13. The molecule has 0 amide bonds. The number of benzene rings is 1. The molecule has 0 aliphatic rings. The molecule has 1 heterocycles. The van der Waals surface area contributed by atoms with E-state index in [1.165, 1.54) is 4.68 Å². The van der Waals surface area contributed by atoms with Crippen LogP contribution >= 0.6 is 0 Å². The van der Waals surface area contributed by atoms with Crippen LogP contribution in [0.25, 0.3) is 0 Å². The summed E-state index contributed by atoms with van der Waals surface area (Å²) in [5.74, 6) is 0.698. The summed E-state index contributed by atoms with van der Waals surface area (Å²) in [4.78, 5) is 11.7. The summed E-state index contributed by atoms with van der Waals surface area (Å²) in [7, 11) is 1.61. The van der Waals surface area contributed by atoms with E-state index < -0.39 is 0 Å². The van der Waals surface area contributed by atoms with Gasteiger partial charge in [0.2, 0.25) is 0 Å². The highest BCUT2D eigenvalue weighted by atomic mass is 16.5. The average Bonchev–Trinajstić information content (AvgIpc) is 2.83. The molecule has 4 heteroatoms. The molecule has 0 aliphatic carbocycles. The van der Waals surface area contributed by atoms with Gasteiger partial charge in [-0.15, -0.1) is 0 Å². The molecule has 0 aliphatic heterocycles. The molecule has 0 bridgehead atoms. The van der Waals surface area contributed by atoms with Gasteiger partial charge >= 0.3 is 0 Å². The predicted octanol–water partition coefficient (Wildman–Crippen LogP) is 1.77. The first-order valence-corrected chi connectivity index (χ1v) is 4.95. The van der Waals surface area contributed by atoms with Gasteiger partial charge < -0.3 is 4.74 Å². The monoisotopic (exact) mass is 216 g/mol. The van der Waals surface area contributed by atoms with E-state index in [0.29, 0.717) is 6.42 Å². The molecular weight excluding hydrogens is 204 g/mol. The van der Waals surface area contributed by atoms with Gasteiger partial charge in [-0.25, -0.2) is 4.68 Å². The number of hydrogen-bond acceptors (Lipinski definition) is 3. The van der Waals surface area contributed by atoms with E-state index in [1.807, 2.05) is 24.3 Å². The molecule has 0 saturated heterocycles. The molecule has 16 heavy (non-hydrogen) atoms. The molecule has 0 atom stereocenters. The molecule has 2 rings (SSSR count). The quantitative estimate of drug-likeness (QED) is 0.785. The van der Waals surface area contributed by atoms with Crippen molar-refractivity contribution in [3.63, 3.8) is 0 Å². The summed E-state index contributed by atoms with van der Waals surface area (Å²) in [5.41, 5.74) is 0.917. The molecule has 0 N–H and O–H groups in total. The second kappa shape index (κ2) is 4.61. The van der Waals surface area contributed by atoms with Gasteiger partial charge in [-0.3, -0.25) is 4.79 Å². The standard InChI is InChI=1S/C12H12N2O2/c1-16-11-5-2-4-10(8-11)9-12(15)14-7-3-6-13-14/h2-8H,9H2,1H3. The first kappa shape index (κ1) is 10.4. The van der Waals surface area contributed by atoms with Gasteiger partial charge in [0.25, 0.3) is 5.91 Å². The summed E-state index contributed by atoms with van der Waals surface area (Å²) in [6, 6.07) is 9.18. The fourth-order valence-electron chi connectivity index (χ4n) is 1.45. The molecule has 0 saturated carbocycles. The number of hydrogen-bond donors (Lipinski definition) is 0. The van der Waals surface area contributed by atoms with E-state index in [9.17, 15) is 4.79 Å². The van der Waals surface area contributed by atoms with Crippen LogP contribution < -0.4 is 4.74 Å². The van der Waals surface area contributed by atoms with E-state index in [0.717, 1.165) is 11.3 Å². The molecular formula is C12H12N2O2. The molecule has 4 nitrogen and oxygen atoms in total. The van der Waals surface area contributed by atoms with Crippen LogP contribution in [0, 0.1) is 0 Å². The van der Waals surface area contributed by atoms with Crippen LogP contribution in [-0.2, 0) is 6.42 Å². The first-order chi connectivity index (χ1) is 7.79. The molecule has 82 valence electrons. The summed E-state index contributed by atoms with van der Waals surface area (Å²) in [6.45, 7) is 0. The zero-order chi connectivity index (χ0) is 11.4. The molecule has 2 aromatic rings. The Morgan fingerprint density at radius 1 is 1.44 bits per heavy atom. The molecule has 0 radical (unpaired) electrons. The van der Waals surface area contributed by atoms with E-state index in [1.54, 1.807) is 25.6 Å². The lowest BCUT2D eigenvalue weighted by molar-refractivity contribution is 0.0898. The zero-order valence-corrected chi connectivity index (χ0v) is 8.96. The molecule has 0 spiro atoms. The highest BCUT2D eigenvalue weighted by molar-refractivity contribution is 5.80. The fourth-order valence-corrected chi connectivity index (χ4v) is 1.45. The van der Waals surface area contributed by atoms with E-state index >= 15 is 0 Å². The maximum absolute atomic E-state index is 11.7. The number of ether oxygens (including phenoxy) is 1. The lowest BCUT2D eigenvalue weighted by Crippen LogP contribution is -2.13. The number of nitrogens with zero attached hydrogens (tertiary/aromatic N) is 2. The molecule has 1 aromatic carbocycles. The van der Waals surface area contributed by atoms with Crippen LogP contribution in [0.1, 0.15) is 10.4 Å². The van der Waals surface area contributed by atoms with Crippen molar-refractivity contribution in [2.75, 3.05) is 7.11 Å². The van der Waals surface area contributed by atoms with Gasteiger partial charge in [-0.05, 0) is 23.8 Å². The second-order valence-electron chi connectivity index (χ2n) is 3.37. The largest absolute Gasteiger partial charge is 0.497 e. The Bertz CT molecular complexity index is 478. The second-order valence-corrected chi connectivity index (χ2v) is 3.37. The van der Waals surface area contributed by atoms with E-state index in [-0.39, 0.29) is 5.91 Å². The highest BCUT2D eigenvalue weighted by Gasteiger charge is 2.06. The topological polar surface area (TPSA) is 44.1 Å². The van der Waals surface area contributed by atoms with Crippen molar-refractivity contribution in [2.45, 2.75) is 6.42 Å². The van der Waals surface area contributed by atoms with Gasteiger partial charge in [0, 0.05) is 12.4 Å². The van der Waals surface area contributed by atoms with Crippen LogP contribution in [0.4, 0.5) is 0 Å². The third-order valence-electron chi connectivity index (χ3n) is 2.25. The predicted molar refractivity (Wildman–Crippen MR) is 59.6 cm³/mol. The van der Waals surface area contributed by atoms with Crippen LogP contribution in [0.15, 0.2) is 42.7 Å². The number of methoxy groups -OCH3 is 1. The van der Waals surface area contributed by atoms with Crippen LogP contribution in [0.5, 0.6) is 5.75 Å². The third kappa shape index (κ3) is 2.28. The molecule has 0 unspecified atom stereocenters. The van der Waals surface area contributed by atoms with Gasteiger partial charge in [-0.2, -0.15) is 5.10 Å². The number of aromatic nitrogens is 2. The Balaban J connectivity index is 2.12. The van der Waals surface area contributed by atoms with Crippen molar-refractivity contribution in [3.8, 4) is 5.75 Å². The molecule has 0 fully saturated rings. The minimum absolute atomic E-state index is 0.0572. The Morgan fingerprint density at radius 2 is 2.31 bits per heavy atom. The maximum atomic E-state index is 11.7. The van der Waals surface area contributed by atoms with E-state index in [4.69, 9.17) is 4.74 Å². The number of rotatable bonds is 3. The Hall–Kier alpha value is -2.10. The summed E-state index contributed by atoms with van der Waals surface area (Å²) >= 11 is 0. The van der Waals surface area contributed by atoms with Crippen molar-refractivity contribution in [2.24, 2.45) is 0 Å². The van der Waals surface area contributed by atoms with Crippen molar-refractivity contribution < 1.29 is 9.53 Å². The normalized spacial score (nSPS) is 10.1.